The van der Waals surface area contributed by atoms with Crippen LogP contribution in [0.2, 0.25) is 5.02 Å². The van der Waals surface area contributed by atoms with E-state index in [0.717, 1.165) is 49.6 Å². The number of halogens is 1. The molecule has 0 saturated carbocycles. The number of anilines is 6. The van der Waals surface area contributed by atoms with Gasteiger partial charge in [0.1, 0.15) is 24.0 Å². The number of carbonyl (C=O) groups excluding carboxylic acids is 5. The molecule has 21 heteroatoms. The molecular weight excluding hydrogens is 927 g/mol. The van der Waals surface area contributed by atoms with E-state index in [2.05, 4.69) is 47.1 Å². The lowest BCUT2D eigenvalue weighted by molar-refractivity contribution is -0.136. The van der Waals surface area contributed by atoms with E-state index in [1.165, 1.54) is 6.20 Å². The summed E-state index contributed by atoms with van der Waals surface area (Å²) in [4.78, 5) is 80.1. The number of hydrogen-bond donors (Lipinski definition) is 4. The van der Waals surface area contributed by atoms with E-state index in [0.29, 0.717) is 103 Å². The van der Waals surface area contributed by atoms with Gasteiger partial charge in [0.05, 0.1) is 68.7 Å². The molecule has 69 heavy (non-hydrogen) atoms. The van der Waals surface area contributed by atoms with E-state index in [1.807, 2.05) is 41.3 Å². The Morgan fingerprint density at radius 3 is 2.32 bits per heavy atom. The quantitative estimate of drug-likeness (QED) is 0.0557. The minimum absolute atomic E-state index is 0.0533. The zero-order valence-corrected chi connectivity index (χ0v) is 40.7. The average molecular weight is 985 g/mol. The highest BCUT2D eigenvalue weighted by atomic mass is 35.5. The van der Waals surface area contributed by atoms with Crippen molar-refractivity contribution in [2.45, 2.75) is 44.2 Å². The van der Waals surface area contributed by atoms with Crippen LogP contribution in [0.4, 0.5) is 34.5 Å². The number of benzene rings is 3. The number of methoxy groups -OCH3 is 1. The lowest BCUT2D eigenvalue weighted by Crippen LogP contribution is -2.54. The first-order chi connectivity index (χ1) is 33.3. The number of nitrogens with zero attached hydrogens (tertiary/aromatic N) is 6. The van der Waals surface area contributed by atoms with E-state index in [1.54, 1.807) is 38.6 Å². The molecule has 5 amide bonds. The number of hydrogen-bond acceptors (Lipinski definition) is 16. The van der Waals surface area contributed by atoms with E-state index in [-0.39, 0.29) is 29.9 Å². The van der Waals surface area contributed by atoms with Crippen molar-refractivity contribution in [2.24, 2.45) is 0 Å². The Bertz CT molecular complexity index is 2620. The summed E-state index contributed by atoms with van der Waals surface area (Å²) in [5.74, 6) is -0.783. The standard InChI is InChI=1S/C48H58ClN10O9P/c1-66-39-29-32(11-12-35(39)53-48-51-30-34(49)44(55-48)52-36-8-4-5-10-40(36)69(2,3)65)56-19-15-31(16-20-56)57-21-23-58(24-22-57)42(61)17-25-67-27-28-68-26-18-50-37-9-6-7-33-43(37)47(64)59(46(33)63)38-13-14-41(60)54-45(38)62/h4-12,29-31,38,50H,13-28H2,1-3H3,(H,54,60,62)(H2,51,52,53,55). The predicted octanol–water partition coefficient (Wildman–Crippen LogP) is 4.92. The van der Waals surface area contributed by atoms with Gasteiger partial charge in [0.2, 0.25) is 23.7 Å². The normalized spacial score (nSPS) is 18.0. The summed E-state index contributed by atoms with van der Waals surface area (Å²) in [6.07, 6.45) is 3.96. The van der Waals surface area contributed by atoms with Crippen LogP contribution in [0.25, 0.3) is 0 Å². The van der Waals surface area contributed by atoms with Gasteiger partial charge >= 0.3 is 0 Å². The number of piperazine rings is 1. The first-order valence-corrected chi connectivity index (χ1v) is 26.2. The van der Waals surface area contributed by atoms with Crippen molar-refractivity contribution in [1.29, 1.82) is 0 Å². The Morgan fingerprint density at radius 2 is 1.58 bits per heavy atom. The minimum Gasteiger partial charge on any atom is -0.494 e. The number of carbonyl (C=O) groups is 5. The molecule has 5 heterocycles. The fourth-order valence-electron chi connectivity index (χ4n) is 9.18. The van der Waals surface area contributed by atoms with Gasteiger partial charge in [-0.1, -0.05) is 29.8 Å². The molecule has 0 bridgehead atoms. The molecule has 4 N–H and O–H groups in total. The molecule has 4 aliphatic heterocycles. The molecule has 8 rings (SSSR count). The summed E-state index contributed by atoms with van der Waals surface area (Å²) in [5.41, 5.74) is 3.29. The lowest BCUT2D eigenvalue weighted by atomic mass is 10.0. The molecular formula is C48H58ClN10O9P. The van der Waals surface area contributed by atoms with Crippen LogP contribution in [0.3, 0.4) is 0 Å². The van der Waals surface area contributed by atoms with Gasteiger partial charge < -0.3 is 44.5 Å². The van der Waals surface area contributed by atoms with Crippen molar-refractivity contribution in [3.05, 3.63) is 83.0 Å². The van der Waals surface area contributed by atoms with Crippen molar-refractivity contribution < 1.29 is 42.7 Å². The fourth-order valence-corrected chi connectivity index (χ4v) is 10.5. The molecule has 3 saturated heterocycles. The number of piperidine rings is 2. The van der Waals surface area contributed by atoms with Crippen molar-refractivity contribution in [3.8, 4) is 5.75 Å². The molecule has 0 radical (unpaired) electrons. The molecule has 3 aromatic carbocycles. The number of fused-ring (bicyclic) bond motifs is 1. The Balaban J connectivity index is 0.708. The first kappa shape index (κ1) is 49.3. The molecule has 0 spiro atoms. The fraction of sp³-hybridized carbons (Fsp3) is 0.438. The second-order valence-electron chi connectivity index (χ2n) is 17.6. The third-order valence-electron chi connectivity index (χ3n) is 12.8. The summed E-state index contributed by atoms with van der Waals surface area (Å²) in [6.45, 7) is 9.84. The van der Waals surface area contributed by atoms with Gasteiger partial charge in [0, 0.05) is 81.0 Å². The molecule has 366 valence electrons. The van der Waals surface area contributed by atoms with E-state index in [4.69, 9.17) is 25.8 Å². The average Bonchev–Trinajstić information content (AvgIpc) is 3.60. The van der Waals surface area contributed by atoms with Gasteiger partial charge in [0.15, 0.2) is 5.82 Å². The molecule has 1 atom stereocenters. The van der Waals surface area contributed by atoms with Gasteiger partial charge in [-0.3, -0.25) is 39.1 Å². The van der Waals surface area contributed by atoms with Gasteiger partial charge in [-0.25, -0.2) is 4.98 Å². The van der Waals surface area contributed by atoms with Gasteiger partial charge in [-0.2, -0.15) is 4.98 Å². The lowest BCUT2D eigenvalue weighted by Gasteiger charge is -2.43. The summed E-state index contributed by atoms with van der Waals surface area (Å²) in [6, 6.07) is 17.8. The number of amides is 5. The highest BCUT2D eigenvalue weighted by Gasteiger charge is 2.45. The Labute approximate surface area is 405 Å². The maximum atomic E-state index is 13.3. The molecule has 4 aliphatic rings. The van der Waals surface area contributed by atoms with Crippen molar-refractivity contribution in [3.63, 3.8) is 0 Å². The Hall–Kier alpha value is -6.11. The van der Waals surface area contributed by atoms with Crippen molar-refractivity contribution in [2.75, 3.05) is 114 Å². The van der Waals surface area contributed by atoms with Crippen LogP contribution in [-0.4, -0.2) is 159 Å². The van der Waals surface area contributed by atoms with E-state index in [9.17, 15) is 28.5 Å². The van der Waals surface area contributed by atoms with Crippen molar-refractivity contribution >= 4 is 88.1 Å². The van der Waals surface area contributed by atoms with Crippen LogP contribution < -0.4 is 36.2 Å². The van der Waals surface area contributed by atoms with Crippen LogP contribution in [0.5, 0.6) is 5.75 Å². The summed E-state index contributed by atoms with van der Waals surface area (Å²) >= 11 is 6.48. The number of rotatable bonds is 19. The molecule has 1 aromatic heterocycles. The predicted molar refractivity (Wildman–Crippen MR) is 263 cm³/mol. The summed E-state index contributed by atoms with van der Waals surface area (Å²) < 4.78 is 30.1. The molecule has 3 fully saturated rings. The van der Waals surface area contributed by atoms with Gasteiger partial charge in [0.25, 0.3) is 11.8 Å². The SMILES string of the molecule is COc1cc(N2CCC(N3CCN(C(=O)CCOCCOCCNc4cccc5c4C(=O)N(C4CCC(=O)NC4=O)C5=O)CC3)CC2)ccc1Nc1ncc(Cl)c(Nc2ccccc2P(C)(C)=O)n1. The van der Waals surface area contributed by atoms with E-state index < -0.39 is 36.8 Å². The maximum absolute atomic E-state index is 13.3. The van der Waals surface area contributed by atoms with Crippen LogP contribution in [0, 0.1) is 0 Å². The molecule has 0 aliphatic carbocycles. The minimum atomic E-state index is -2.56. The Morgan fingerprint density at radius 1 is 0.841 bits per heavy atom. The third-order valence-corrected chi connectivity index (χ3v) is 14.6. The van der Waals surface area contributed by atoms with Crippen LogP contribution in [0.15, 0.2) is 66.9 Å². The van der Waals surface area contributed by atoms with Gasteiger partial charge in [-0.15, -0.1) is 0 Å². The van der Waals surface area contributed by atoms with Crippen LogP contribution in [0.1, 0.15) is 52.8 Å². The van der Waals surface area contributed by atoms with Crippen LogP contribution >= 0.6 is 18.7 Å². The number of imide groups is 2. The van der Waals surface area contributed by atoms with Gasteiger partial charge in [-0.05, 0) is 69.0 Å². The third kappa shape index (κ3) is 11.7. The molecule has 4 aromatic rings. The largest absolute Gasteiger partial charge is 0.494 e. The Kier molecular flexibility index (Phi) is 15.8. The van der Waals surface area contributed by atoms with Crippen LogP contribution in [-0.2, 0) is 28.4 Å². The maximum Gasteiger partial charge on any atom is 0.264 e. The number of para-hydroxylation sites is 1. The number of aromatic nitrogens is 2. The summed E-state index contributed by atoms with van der Waals surface area (Å²) in [7, 11) is -0.934. The second kappa shape index (κ2) is 22.1. The molecule has 19 nitrogen and oxygen atoms in total. The highest BCUT2D eigenvalue weighted by molar-refractivity contribution is 7.70. The topological polar surface area (TPSA) is 217 Å². The first-order valence-electron chi connectivity index (χ1n) is 23.2. The zero-order valence-electron chi connectivity index (χ0n) is 39.0. The monoisotopic (exact) mass is 984 g/mol. The smallest absolute Gasteiger partial charge is 0.264 e. The zero-order chi connectivity index (χ0) is 48.7. The highest BCUT2D eigenvalue weighted by Crippen LogP contribution is 2.39. The van der Waals surface area contributed by atoms with Crippen molar-refractivity contribution in [1.82, 2.24) is 30.0 Å². The summed E-state index contributed by atoms with van der Waals surface area (Å²) in [5, 5.41) is 12.9. The molecule has 1 unspecified atom stereocenters. The number of ether oxygens (including phenoxy) is 3. The number of nitrogens with one attached hydrogen (secondary N) is 4. The second-order valence-corrected chi connectivity index (χ2v) is 21.2. The van der Waals surface area contributed by atoms with E-state index >= 15 is 0 Å².